The molecule has 3 aromatic carbocycles. The fourth-order valence-corrected chi connectivity index (χ4v) is 7.05. The van der Waals surface area contributed by atoms with Gasteiger partial charge < -0.3 is 44.9 Å². The molecular weight excluding hydrogens is 732 g/mol. The number of hydrogen-bond donors (Lipinski definition) is 3. The number of hydrogen-bond acceptors (Lipinski definition) is 9. The van der Waals surface area contributed by atoms with Gasteiger partial charge in [-0.05, 0) is 86.3 Å². The Bertz CT molecular complexity index is 2000. The summed E-state index contributed by atoms with van der Waals surface area (Å²) in [7, 11) is 7.48. The first kappa shape index (κ1) is 42.0. The van der Waals surface area contributed by atoms with Gasteiger partial charge >= 0.3 is 0 Å². The summed E-state index contributed by atoms with van der Waals surface area (Å²) in [5.74, 6) is -1.60. The highest BCUT2D eigenvalue weighted by Gasteiger charge is 2.39. The van der Waals surface area contributed by atoms with Gasteiger partial charge in [-0.15, -0.1) is 0 Å². The van der Waals surface area contributed by atoms with Gasteiger partial charge in [-0.3, -0.25) is 28.8 Å². The Morgan fingerprint density at radius 2 is 1.23 bits per heavy atom. The minimum absolute atomic E-state index is 0.0122. The van der Waals surface area contributed by atoms with Crippen LogP contribution in [0, 0.1) is 6.92 Å². The maximum atomic E-state index is 14.7. The molecule has 15 nitrogen and oxygen atoms in total. The number of methoxy groups -OCH3 is 2. The summed E-state index contributed by atoms with van der Waals surface area (Å²) >= 11 is 0. The maximum Gasteiger partial charge on any atom is 0.246 e. The number of aryl methyl sites for hydroxylation is 1. The molecule has 1 saturated heterocycles. The van der Waals surface area contributed by atoms with Crippen LogP contribution in [0.2, 0.25) is 0 Å². The summed E-state index contributed by atoms with van der Waals surface area (Å²) in [6, 6.07) is 10.8. The molecule has 3 N–H and O–H groups in total. The lowest BCUT2D eigenvalue weighted by molar-refractivity contribution is -0.149. The van der Waals surface area contributed by atoms with Crippen LogP contribution in [-0.2, 0) is 48.0 Å². The zero-order valence-corrected chi connectivity index (χ0v) is 33.9. The minimum Gasteiger partial charge on any atom is -0.497 e. The van der Waals surface area contributed by atoms with Gasteiger partial charge in [0, 0.05) is 40.4 Å². The van der Waals surface area contributed by atoms with Crippen LogP contribution in [-0.4, -0.2) is 122 Å². The molecule has 0 aromatic heterocycles. The molecule has 6 bridgehead atoms. The van der Waals surface area contributed by atoms with E-state index in [1.54, 1.807) is 60.7 Å². The normalized spacial score (nSPS) is 24.1. The van der Waals surface area contributed by atoms with Crippen LogP contribution in [0.5, 0.6) is 23.0 Å². The molecule has 3 aliphatic heterocycles. The Labute approximate surface area is 333 Å². The van der Waals surface area contributed by atoms with Gasteiger partial charge in [0.1, 0.15) is 47.8 Å². The Kier molecular flexibility index (Phi) is 13.1. The van der Waals surface area contributed by atoms with E-state index in [1.165, 1.54) is 70.8 Å². The second kappa shape index (κ2) is 17.8. The van der Waals surface area contributed by atoms with Crippen LogP contribution < -0.4 is 30.2 Å². The van der Waals surface area contributed by atoms with Gasteiger partial charge in [-0.25, -0.2) is 0 Å². The number of nitrogens with one attached hydrogen (secondary N) is 3. The van der Waals surface area contributed by atoms with E-state index in [0.717, 1.165) is 5.56 Å². The summed E-state index contributed by atoms with van der Waals surface area (Å²) in [4.78, 5) is 88.5. The van der Waals surface area contributed by atoms with E-state index < -0.39 is 71.7 Å². The Morgan fingerprint density at radius 1 is 0.649 bits per heavy atom. The Balaban J connectivity index is 1.59. The van der Waals surface area contributed by atoms with Crippen LogP contribution in [0.3, 0.4) is 0 Å². The van der Waals surface area contributed by atoms with Crippen molar-refractivity contribution in [3.63, 3.8) is 0 Å². The van der Waals surface area contributed by atoms with E-state index in [-0.39, 0.29) is 19.3 Å². The predicted octanol–water partition coefficient (Wildman–Crippen LogP) is 2.15. The summed E-state index contributed by atoms with van der Waals surface area (Å²) in [6.45, 7) is 6.31. The molecule has 304 valence electrons. The highest BCUT2D eigenvalue weighted by molar-refractivity contribution is 5.98. The highest BCUT2D eigenvalue weighted by atomic mass is 16.5. The molecule has 0 unspecified atom stereocenters. The maximum absolute atomic E-state index is 14.7. The number of nitrogens with zero attached hydrogens (tertiary/aromatic N) is 3. The average molecular weight is 785 g/mol. The molecule has 0 spiro atoms. The average Bonchev–Trinajstić information content (AvgIpc) is 3.20. The van der Waals surface area contributed by atoms with Crippen LogP contribution in [0.4, 0.5) is 0 Å². The fraction of sp³-hybridized carbons (Fsp3) is 0.429. The molecule has 15 heteroatoms. The number of carbonyl (C=O) groups is 6. The molecule has 6 atom stereocenters. The van der Waals surface area contributed by atoms with Gasteiger partial charge in [-0.2, -0.15) is 0 Å². The topological polar surface area (TPSA) is 176 Å². The van der Waals surface area contributed by atoms with E-state index in [2.05, 4.69) is 16.0 Å². The quantitative estimate of drug-likeness (QED) is 0.358. The van der Waals surface area contributed by atoms with Crippen molar-refractivity contribution in [2.24, 2.45) is 0 Å². The molecule has 6 rings (SSSR count). The van der Waals surface area contributed by atoms with Crippen LogP contribution in [0.25, 0.3) is 0 Å². The van der Waals surface area contributed by atoms with Gasteiger partial charge in [0.25, 0.3) is 0 Å². The third-order valence-electron chi connectivity index (χ3n) is 10.7. The number of carbonyl (C=O) groups excluding carboxylic acids is 6. The predicted molar refractivity (Wildman–Crippen MR) is 211 cm³/mol. The second-order valence-corrected chi connectivity index (χ2v) is 14.7. The lowest BCUT2D eigenvalue weighted by Gasteiger charge is -2.37. The molecule has 0 saturated carbocycles. The standard InChI is InChI=1S/C42H52N6O9/c1-23-18-35(56-9)36-22-29(23)21-33-39(51)43-24(2)37(49)44-25(3)40(52)46(5)32(19-27-10-14-30(55-8)15-11-27)38(50)45-26(4)41(53)48(7)34(42(54)47(33)6)20-28-12-16-31(57-36)17-13-28/h10-18,22,24-26,32-34H,19-21H2,1-9H3,(H,43,51)(H,44,49)(H,45,50)/t24-,25+,26+,32+,33+,34+/m1/s1. The molecule has 0 radical (unpaired) electrons. The van der Waals surface area contributed by atoms with Crippen molar-refractivity contribution in [2.45, 2.75) is 83.2 Å². The van der Waals surface area contributed by atoms with Crippen LogP contribution >= 0.6 is 0 Å². The Morgan fingerprint density at radius 3 is 1.84 bits per heavy atom. The van der Waals surface area contributed by atoms with E-state index in [9.17, 15) is 28.8 Å². The fourth-order valence-electron chi connectivity index (χ4n) is 7.05. The molecule has 3 aliphatic rings. The van der Waals surface area contributed by atoms with E-state index in [0.29, 0.717) is 39.7 Å². The molecule has 3 aromatic rings. The number of fused-ring (bicyclic) bond motifs is 2. The van der Waals surface area contributed by atoms with Crippen molar-refractivity contribution in [3.05, 3.63) is 82.9 Å². The van der Waals surface area contributed by atoms with Crippen molar-refractivity contribution < 1.29 is 43.0 Å². The number of benzene rings is 3. The lowest BCUT2D eigenvalue weighted by atomic mass is 9.96. The lowest BCUT2D eigenvalue weighted by Crippen LogP contribution is -2.61. The van der Waals surface area contributed by atoms with Crippen LogP contribution in [0.15, 0.2) is 60.7 Å². The molecule has 6 amide bonds. The van der Waals surface area contributed by atoms with E-state index in [1.807, 2.05) is 6.92 Å². The zero-order valence-electron chi connectivity index (χ0n) is 33.9. The zero-order chi connectivity index (χ0) is 41.7. The number of likely N-dealkylation sites (N-methyl/N-ethyl adjacent to an activating group) is 3. The molecule has 0 aliphatic carbocycles. The summed E-state index contributed by atoms with van der Waals surface area (Å²) in [6.07, 6.45) is 0.144. The summed E-state index contributed by atoms with van der Waals surface area (Å²) < 4.78 is 17.1. The molecule has 57 heavy (non-hydrogen) atoms. The molecule has 3 heterocycles. The van der Waals surface area contributed by atoms with Crippen molar-refractivity contribution in [1.29, 1.82) is 0 Å². The number of ether oxygens (including phenoxy) is 3. The number of amides is 6. The SMILES string of the molecule is COc1ccc(C[C@H]2C(=O)N[C@@H](C)C(=O)N(C)[C@H]3Cc4ccc(cc4)Oc4cc(c(C)cc4OC)C[C@@H](C(=O)N[C@H](C)C(=O)N[C@@H](C)C(=O)N2C)N(C)C3=O)cc1. The van der Waals surface area contributed by atoms with Crippen LogP contribution in [0.1, 0.15) is 43.0 Å². The third kappa shape index (κ3) is 9.47. The first-order valence-corrected chi connectivity index (χ1v) is 18.8. The van der Waals surface area contributed by atoms with E-state index >= 15 is 0 Å². The second-order valence-electron chi connectivity index (χ2n) is 14.7. The van der Waals surface area contributed by atoms with Gasteiger partial charge in [0.15, 0.2) is 11.5 Å². The van der Waals surface area contributed by atoms with Gasteiger partial charge in [0.05, 0.1) is 14.2 Å². The number of rotatable bonds is 4. The van der Waals surface area contributed by atoms with Gasteiger partial charge in [0.2, 0.25) is 35.4 Å². The van der Waals surface area contributed by atoms with Crippen molar-refractivity contribution in [2.75, 3.05) is 35.4 Å². The monoisotopic (exact) mass is 784 g/mol. The largest absolute Gasteiger partial charge is 0.497 e. The van der Waals surface area contributed by atoms with Crippen molar-refractivity contribution >= 4 is 35.4 Å². The first-order chi connectivity index (χ1) is 27.0. The minimum atomic E-state index is -1.16. The van der Waals surface area contributed by atoms with E-state index in [4.69, 9.17) is 14.2 Å². The first-order valence-electron chi connectivity index (χ1n) is 18.8. The molecular formula is C42H52N6O9. The highest BCUT2D eigenvalue weighted by Crippen LogP contribution is 2.35. The van der Waals surface area contributed by atoms with Gasteiger partial charge in [-0.1, -0.05) is 24.3 Å². The summed E-state index contributed by atoms with van der Waals surface area (Å²) in [5.41, 5.74) is 2.83. The van der Waals surface area contributed by atoms with Crippen molar-refractivity contribution in [1.82, 2.24) is 30.7 Å². The third-order valence-corrected chi connectivity index (χ3v) is 10.7. The molecule has 1 fully saturated rings. The Hall–Kier alpha value is -6.12. The summed E-state index contributed by atoms with van der Waals surface area (Å²) in [5, 5.41) is 8.18. The van der Waals surface area contributed by atoms with Crippen molar-refractivity contribution in [3.8, 4) is 23.0 Å². The smallest absolute Gasteiger partial charge is 0.246 e.